The number of rotatable bonds is 2. The van der Waals surface area contributed by atoms with Gasteiger partial charge < -0.3 is 14.6 Å². The van der Waals surface area contributed by atoms with Crippen molar-refractivity contribution in [2.45, 2.75) is 6.18 Å². The van der Waals surface area contributed by atoms with Crippen LogP contribution in [0.5, 0.6) is 10.8 Å². The maximum absolute atomic E-state index is 12.5. The van der Waals surface area contributed by atoms with Gasteiger partial charge in [-0.25, -0.2) is 4.79 Å². The summed E-state index contributed by atoms with van der Waals surface area (Å²) in [5.74, 6) is -2.21. The Morgan fingerprint density at radius 1 is 1.38 bits per heavy atom. The zero-order chi connectivity index (χ0) is 12.5. The minimum absolute atomic E-state index is 0.379. The smallest absolute Gasteiger partial charge is 0.424 e. The average Bonchev–Trinajstić information content (AvgIpc) is 2.53. The number of esters is 1. The molecule has 90 valence electrons. The lowest BCUT2D eigenvalue weighted by atomic mass is 10.2. The first-order chi connectivity index (χ1) is 7.32. The molecule has 4 nitrogen and oxygen atoms in total. The van der Waals surface area contributed by atoms with E-state index in [0.717, 1.165) is 14.2 Å². The summed E-state index contributed by atoms with van der Waals surface area (Å²) in [7, 11) is 2.02. The maximum atomic E-state index is 12.5. The fraction of sp³-hybridized carbons (Fsp3) is 0.375. The van der Waals surface area contributed by atoms with Crippen molar-refractivity contribution >= 4 is 17.3 Å². The van der Waals surface area contributed by atoms with Gasteiger partial charge in [-0.3, -0.25) is 0 Å². The molecule has 0 amide bonds. The van der Waals surface area contributed by atoms with Gasteiger partial charge in [0.1, 0.15) is 0 Å². The Morgan fingerprint density at radius 2 is 1.94 bits per heavy atom. The van der Waals surface area contributed by atoms with E-state index in [-0.39, 0.29) is 0 Å². The van der Waals surface area contributed by atoms with Crippen LogP contribution in [0.25, 0.3) is 0 Å². The molecule has 0 unspecified atom stereocenters. The average molecular weight is 256 g/mol. The quantitative estimate of drug-likeness (QED) is 0.825. The van der Waals surface area contributed by atoms with Crippen LogP contribution in [-0.4, -0.2) is 25.3 Å². The Kier molecular flexibility index (Phi) is 3.32. The summed E-state index contributed by atoms with van der Waals surface area (Å²) in [5, 5.41) is 8.71. The Labute approximate surface area is 92.2 Å². The standard InChI is InChI=1S/C8H7F3O4S/c1-14-6(13)5-4(12)3(8(9,10)11)7(15-2)16-5/h12H,1-2H3. The van der Waals surface area contributed by atoms with E-state index in [0.29, 0.717) is 11.3 Å². The highest BCUT2D eigenvalue weighted by Gasteiger charge is 2.42. The summed E-state index contributed by atoms with van der Waals surface area (Å²) < 4.78 is 46.2. The number of hydrogen-bond acceptors (Lipinski definition) is 5. The zero-order valence-electron chi connectivity index (χ0n) is 8.21. The molecule has 0 aliphatic carbocycles. The molecule has 1 rings (SSSR count). The lowest BCUT2D eigenvalue weighted by molar-refractivity contribution is -0.139. The van der Waals surface area contributed by atoms with Crippen LogP contribution in [0.15, 0.2) is 0 Å². The second kappa shape index (κ2) is 4.20. The normalized spacial score (nSPS) is 11.3. The largest absolute Gasteiger partial charge is 0.505 e. The van der Waals surface area contributed by atoms with Gasteiger partial charge in [-0.1, -0.05) is 11.3 Å². The number of alkyl halides is 3. The monoisotopic (exact) mass is 256 g/mol. The highest BCUT2D eigenvalue weighted by molar-refractivity contribution is 7.16. The molecule has 1 aromatic heterocycles. The molecule has 0 aromatic carbocycles. The summed E-state index contributed by atoms with van der Waals surface area (Å²) in [6.45, 7) is 0. The van der Waals surface area contributed by atoms with Crippen molar-refractivity contribution in [1.29, 1.82) is 0 Å². The van der Waals surface area contributed by atoms with Crippen LogP contribution >= 0.6 is 11.3 Å². The lowest BCUT2D eigenvalue weighted by Crippen LogP contribution is -2.06. The molecule has 0 saturated heterocycles. The van der Waals surface area contributed by atoms with Crippen LogP contribution in [0.2, 0.25) is 0 Å². The molecule has 0 radical (unpaired) electrons. The van der Waals surface area contributed by atoms with Gasteiger partial charge >= 0.3 is 12.1 Å². The van der Waals surface area contributed by atoms with Crippen LogP contribution in [0.4, 0.5) is 13.2 Å². The van der Waals surface area contributed by atoms with Gasteiger partial charge in [0.25, 0.3) is 0 Å². The van der Waals surface area contributed by atoms with Gasteiger partial charge in [0.05, 0.1) is 14.2 Å². The van der Waals surface area contributed by atoms with E-state index < -0.39 is 33.4 Å². The van der Waals surface area contributed by atoms with E-state index >= 15 is 0 Å². The molecule has 16 heavy (non-hydrogen) atoms. The van der Waals surface area contributed by atoms with Crippen LogP contribution in [0, 0.1) is 0 Å². The summed E-state index contributed by atoms with van der Waals surface area (Å²) in [5.41, 5.74) is -1.36. The van der Waals surface area contributed by atoms with Crippen LogP contribution in [0.3, 0.4) is 0 Å². The highest BCUT2D eigenvalue weighted by atomic mass is 32.1. The maximum Gasteiger partial charge on any atom is 0.424 e. The van der Waals surface area contributed by atoms with Gasteiger partial charge in [0.15, 0.2) is 21.3 Å². The van der Waals surface area contributed by atoms with Crippen molar-refractivity contribution in [2.24, 2.45) is 0 Å². The van der Waals surface area contributed by atoms with Gasteiger partial charge in [0, 0.05) is 0 Å². The molecule has 1 aromatic rings. The predicted molar refractivity (Wildman–Crippen MR) is 48.9 cm³/mol. The van der Waals surface area contributed by atoms with Gasteiger partial charge in [-0.05, 0) is 0 Å². The Hall–Kier alpha value is -1.44. The van der Waals surface area contributed by atoms with Crippen LogP contribution < -0.4 is 4.74 Å². The predicted octanol–water partition coefficient (Wildman–Crippen LogP) is 2.27. The Balaban J connectivity index is 3.38. The van der Waals surface area contributed by atoms with Crippen molar-refractivity contribution in [1.82, 2.24) is 0 Å². The fourth-order valence-electron chi connectivity index (χ4n) is 1.03. The number of hydrogen-bond donors (Lipinski definition) is 1. The number of halogens is 3. The van der Waals surface area contributed by atoms with Crippen molar-refractivity contribution in [3.63, 3.8) is 0 Å². The topological polar surface area (TPSA) is 55.8 Å². The number of methoxy groups -OCH3 is 2. The van der Waals surface area contributed by atoms with E-state index in [1.165, 1.54) is 0 Å². The first-order valence-corrected chi connectivity index (χ1v) is 4.69. The number of carbonyl (C=O) groups excluding carboxylic acids is 1. The lowest BCUT2D eigenvalue weighted by Gasteiger charge is -2.06. The molecular formula is C8H7F3O4S. The highest BCUT2D eigenvalue weighted by Crippen LogP contribution is 2.49. The fourth-order valence-corrected chi connectivity index (χ4v) is 1.98. The molecule has 1 heterocycles. The minimum atomic E-state index is -4.79. The molecule has 0 saturated carbocycles. The summed E-state index contributed by atoms with van der Waals surface area (Å²) in [6.07, 6.45) is -4.79. The molecule has 1 N–H and O–H groups in total. The number of thiophene rings is 1. The summed E-state index contributed by atoms with van der Waals surface area (Å²) in [6, 6.07) is 0. The Bertz CT molecular complexity index is 410. The molecular weight excluding hydrogens is 249 g/mol. The SMILES string of the molecule is COC(=O)c1sc(OC)c(C(F)(F)F)c1O. The molecule has 0 aliphatic rings. The molecule has 0 atom stereocenters. The van der Waals surface area contributed by atoms with Gasteiger partial charge in [-0.15, -0.1) is 0 Å². The van der Waals surface area contributed by atoms with Gasteiger partial charge in [0.2, 0.25) is 0 Å². The second-order valence-corrected chi connectivity index (χ2v) is 3.62. The summed E-state index contributed by atoms with van der Waals surface area (Å²) >= 11 is 0.379. The number of ether oxygens (including phenoxy) is 2. The van der Waals surface area contributed by atoms with Gasteiger partial charge in [-0.2, -0.15) is 13.2 Å². The Morgan fingerprint density at radius 3 is 2.25 bits per heavy atom. The molecule has 0 aliphatic heterocycles. The third-order valence-electron chi connectivity index (χ3n) is 1.69. The van der Waals surface area contributed by atoms with Crippen LogP contribution in [0.1, 0.15) is 15.2 Å². The van der Waals surface area contributed by atoms with Crippen molar-refractivity contribution in [3.05, 3.63) is 10.4 Å². The molecule has 8 heteroatoms. The van der Waals surface area contributed by atoms with Crippen molar-refractivity contribution in [3.8, 4) is 10.8 Å². The van der Waals surface area contributed by atoms with E-state index in [1.54, 1.807) is 0 Å². The molecule has 0 fully saturated rings. The first kappa shape index (κ1) is 12.6. The number of carbonyl (C=O) groups is 1. The van der Waals surface area contributed by atoms with E-state index in [2.05, 4.69) is 9.47 Å². The third-order valence-corrected chi connectivity index (χ3v) is 2.81. The molecule has 0 bridgehead atoms. The zero-order valence-corrected chi connectivity index (χ0v) is 9.03. The number of aromatic hydroxyl groups is 1. The van der Waals surface area contributed by atoms with Crippen LogP contribution in [-0.2, 0) is 10.9 Å². The third kappa shape index (κ3) is 2.06. The van der Waals surface area contributed by atoms with E-state index in [4.69, 9.17) is 0 Å². The van der Waals surface area contributed by atoms with Crippen molar-refractivity contribution < 1.29 is 32.5 Å². The minimum Gasteiger partial charge on any atom is -0.505 e. The first-order valence-electron chi connectivity index (χ1n) is 3.88. The van der Waals surface area contributed by atoms with E-state index in [9.17, 15) is 23.1 Å². The second-order valence-electron chi connectivity index (χ2n) is 2.64. The summed E-state index contributed by atoms with van der Waals surface area (Å²) in [4.78, 5) is 10.5. The van der Waals surface area contributed by atoms with Crippen molar-refractivity contribution in [2.75, 3.05) is 14.2 Å². The van der Waals surface area contributed by atoms with E-state index in [1.807, 2.05) is 0 Å². The molecule has 0 spiro atoms.